The zero-order valence-corrected chi connectivity index (χ0v) is 11.7. The molecule has 2 heterocycles. The predicted molar refractivity (Wildman–Crippen MR) is 76.3 cm³/mol. The summed E-state index contributed by atoms with van der Waals surface area (Å²) >= 11 is 3.21. The van der Waals surface area contributed by atoms with Gasteiger partial charge in [-0.25, -0.2) is 4.98 Å². The summed E-state index contributed by atoms with van der Waals surface area (Å²) in [5.74, 6) is -0.378. The van der Waals surface area contributed by atoms with Crippen molar-refractivity contribution in [2.75, 3.05) is 5.32 Å². The van der Waals surface area contributed by atoms with Crippen LogP contribution in [0.3, 0.4) is 0 Å². The number of nitrogens with zero attached hydrogens (tertiary/aromatic N) is 1. The number of nitrogens with one attached hydrogen (secondary N) is 1. The smallest absolute Gasteiger partial charge is 0.249 e. The van der Waals surface area contributed by atoms with Crippen molar-refractivity contribution in [3.8, 4) is 0 Å². The minimum absolute atomic E-state index is 0.378. The Bertz CT molecular complexity index is 533. The van der Waals surface area contributed by atoms with E-state index in [1.54, 1.807) is 16.7 Å². The van der Waals surface area contributed by atoms with Gasteiger partial charge in [0, 0.05) is 21.3 Å². The second-order valence-electron chi connectivity index (χ2n) is 3.90. The molecule has 0 unspecified atom stereocenters. The Kier molecular flexibility index (Phi) is 4.33. The number of primary amides is 1. The lowest BCUT2D eigenvalue weighted by atomic mass is 10.3. The number of amides is 1. The number of aryl methyl sites for hydroxylation is 1. The van der Waals surface area contributed by atoms with E-state index in [9.17, 15) is 4.79 Å². The maximum absolute atomic E-state index is 11.0. The number of aromatic nitrogens is 1. The van der Waals surface area contributed by atoms with Gasteiger partial charge in [0.2, 0.25) is 5.91 Å². The largest absolute Gasteiger partial charge is 0.366 e. The van der Waals surface area contributed by atoms with E-state index < -0.39 is 0 Å². The van der Waals surface area contributed by atoms with Gasteiger partial charge in [0.1, 0.15) is 0 Å². The molecule has 0 saturated carbocycles. The maximum atomic E-state index is 11.0. The molecule has 0 aromatic carbocycles. The van der Waals surface area contributed by atoms with Crippen LogP contribution >= 0.6 is 22.7 Å². The van der Waals surface area contributed by atoms with Crippen LogP contribution < -0.4 is 11.1 Å². The van der Waals surface area contributed by atoms with Crippen molar-refractivity contribution in [1.82, 2.24) is 4.98 Å². The zero-order chi connectivity index (χ0) is 13.0. The van der Waals surface area contributed by atoms with E-state index in [-0.39, 0.29) is 5.91 Å². The maximum Gasteiger partial charge on any atom is 0.249 e. The Morgan fingerprint density at radius 2 is 2.33 bits per heavy atom. The minimum Gasteiger partial charge on any atom is -0.366 e. The normalized spacial score (nSPS) is 10.5. The summed E-state index contributed by atoms with van der Waals surface area (Å²) in [5, 5.41) is 5.96. The van der Waals surface area contributed by atoms with Crippen molar-refractivity contribution in [2.24, 2.45) is 5.73 Å². The fourth-order valence-electron chi connectivity index (χ4n) is 1.52. The lowest BCUT2D eigenvalue weighted by Gasteiger charge is -1.98. The van der Waals surface area contributed by atoms with E-state index >= 15 is 0 Å². The standard InChI is InChI=1S/C12H15N3OS2/c1-2-3-9-5-14-12(18-9)15-6-10-4-8(7-17-10)11(13)16/h4-5,7H,2-3,6H2,1H3,(H2,13,16)(H,14,15). The fourth-order valence-corrected chi connectivity index (χ4v) is 3.24. The van der Waals surface area contributed by atoms with E-state index in [0.717, 1.165) is 22.9 Å². The molecule has 18 heavy (non-hydrogen) atoms. The Labute approximate surface area is 114 Å². The van der Waals surface area contributed by atoms with Gasteiger partial charge in [0.15, 0.2) is 5.13 Å². The summed E-state index contributed by atoms with van der Waals surface area (Å²) < 4.78 is 0. The molecular weight excluding hydrogens is 266 g/mol. The number of thiophene rings is 1. The molecule has 6 heteroatoms. The van der Waals surface area contributed by atoms with Crippen LogP contribution in [-0.2, 0) is 13.0 Å². The number of nitrogens with two attached hydrogens (primary N) is 1. The molecule has 0 fully saturated rings. The number of rotatable bonds is 6. The summed E-state index contributed by atoms with van der Waals surface area (Å²) in [4.78, 5) is 17.6. The summed E-state index contributed by atoms with van der Waals surface area (Å²) in [6.45, 7) is 2.83. The van der Waals surface area contributed by atoms with Gasteiger partial charge < -0.3 is 11.1 Å². The van der Waals surface area contributed by atoms with Gasteiger partial charge >= 0.3 is 0 Å². The highest BCUT2D eigenvalue weighted by molar-refractivity contribution is 7.15. The molecule has 0 saturated heterocycles. The van der Waals surface area contributed by atoms with Gasteiger partial charge in [0.25, 0.3) is 0 Å². The molecule has 2 aromatic heterocycles. The highest BCUT2D eigenvalue weighted by Gasteiger charge is 2.05. The van der Waals surface area contributed by atoms with Crippen molar-refractivity contribution in [3.05, 3.63) is 33.0 Å². The third kappa shape index (κ3) is 3.30. The predicted octanol–water partition coefficient (Wildman–Crippen LogP) is 2.87. The van der Waals surface area contributed by atoms with Crippen molar-refractivity contribution >= 4 is 33.7 Å². The van der Waals surface area contributed by atoms with E-state index in [2.05, 4.69) is 17.2 Å². The minimum atomic E-state index is -0.378. The van der Waals surface area contributed by atoms with Gasteiger partial charge in [0.05, 0.1) is 12.1 Å². The molecule has 0 aliphatic rings. The molecule has 2 rings (SSSR count). The average Bonchev–Trinajstić information content (AvgIpc) is 2.95. The number of carbonyl (C=O) groups is 1. The number of anilines is 1. The third-order valence-corrected chi connectivity index (χ3v) is 4.35. The first-order valence-electron chi connectivity index (χ1n) is 5.75. The van der Waals surface area contributed by atoms with E-state index in [1.165, 1.54) is 16.2 Å². The van der Waals surface area contributed by atoms with Crippen LogP contribution in [0.15, 0.2) is 17.6 Å². The molecule has 3 N–H and O–H groups in total. The van der Waals surface area contributed by atoms with Gasteiger partial charge in [-0.15, -0.1) is 22.7 Å². The first kappa shape index (κ1) is 13.0. The lowest BCUT2D eigenvalue weighted by Crippen LogP contribution is -2.09. The highest BCUT2D eigenvalue weighted by Crippen LogP contribution is 2.21. The van der Waals surface area contributed by atoms with Crippen molar-refractivity contribution in [2.45, 2.75) is 26.3 Å². The molecule has 1 amide bonds. The monoisotopic (exact) mass is 281 g/mol. The van der Waals surface area contributed by atoms with Crippen LogP contribution in [0, 0.1) is 0 Å². The van der Waals surface area contributed by atoms with Crippen molar-refractivity contribution < 1.29 is 4.79 Å². The zero-order valence-electron chi connectivity index (χ0n) is 10.1. The highest BCUT2D eigenvalue weighted by atomic mass is 32.1. The second kappa shape index (κ2) is 5.97. The van der Waals surface area contributed by atoms with Crippen LogP contribution in [0.2, 0.25) is 0 Å². The lowest BCUT2D eigenvalue weighted by molar-refractivity contribution is 0.100. The van der Waals surface area contributed by atoms with Gasteiger partial charge in [-0.1, -0.05) is 13.3 Å². The van der Waals surface area contributed by atoms with Crippen molar-refractivity contribution in [3.63, 3.8) is 0 Å². The first-order valence-corrected chi connectivity index (χ1v) is 7.44. The molecule has 0 spiro atoms. The third-order valence-electron chi connectivity index (χ3n) is 2.40. The fraction of sp³-hybridized carbons (Fsp3) is 0.333. The van der Waals surface area contributed by atoms with Crippen molar-refractivity contribution in [1.29, 1.82) is 0 Å². The molecule has 4 nitrogen and oxygen atoms in total. The summed E-state index contributed by atoms with van der Waals surface area (Å²) in [6.07, 6.45) is 4.12. The van der Waals surface area contributed by atoms with Crippen LogP contribution in [0.5, 0.6) is 0 Å². The summed E-state index contributed by atoms with van der Waals surface area (Å²) in [5.41, 5.74) is 5.78. The van der Waals surface area contributed by atoms with E-state index in [4.69, 9.17) is 5.73 Å². The Balaban J connectivity index is 1.91. The molecule has 0 atom stereocenters. The topological polar surface area (TPSA) is 68.0 Å². The number of carbonyl (C=O) groups excluding carboxylic acids is 1. The number of thiazole rings is 1. The Hall–Kier alpha value is -1.40. The summed E-state index contributed by atoms with van der Waals surface area (Å²) in [6, 6.07) is 1.82. The van der Waals surface area contributed by atoms with E-state index in [0.29, 0.717) is 12.1 Å². The molecule has 2 aromatic rings. The molecular formula is C12H15N3OS2. The Morgan fingerprint density at radius 3 is 3.00 bits per heavy atom. The van der Waals surface area contributed by atoms with Gasteiger partial charge in [-0.05, 0) is 12.5 Å². The first-order chi connectivity index (χ1) is 8.69. The number of hydrogen-bond acceptors (Lipinski definition) is 5. The van der Waals surface area contributed by atoms with E-state index in [1.807, 2.05) is 12.3 Å². The molecule has 0 aliphatic heterocycles. The Morgan fingerprint density at radius 1 is 1.50 bits per heavy atom. The quantitative estimate of drug-likeness (QED) is 0.855. The average molecular weight is 281 g/mol. The molecule has 0 bridgehead atoms. The van der Waals surface area contributed by atoms with Gasteiger partial charge in [-0.2, -0.15) is 0 Å². The van der Waals surface area contributed by atoms with Crippen LogP contribution in [0.4, 0.5) is 5.13 Å². The SMILES string of the molecule is CCCc1cnc(NCc2cc(C(N)=O)cs2)s1. The van der Waals surface area contributed by atoms with Crippen LogP contribution in [0.1, 0.15) is 33.5 Å². The second-order valence-corrected chi connectivity index (χ2v) is 6.01. The summed E-state index contributed by atoms with van der Waals surface area (Å²) in [7, 11) is 0. The van der Waals surface area contributed by atoms with Crippen LogP contribution in [0.25, 0.3) is 0 Å². The number of hydrogen-bond donors (Lipinski definition) is 2. The molecule has 96 valence electrons. The molecule has 0 radical (unpaired) electrons. The van der Waals surface area contributed by atoms with Crippen LogP contribution in [-0.4, -0.2) is 10.9 Å². The van der Waals surface area contributed by atoms with Gasteiger partial charge in [-0.3, -0.25) is 4.79 Å². The molecule has 0 aliphatic carbocycles.